The lowest BCUT2D eigenvalue weighted by atomic mass is 9.64. The van der Waals surface area contributed by atoms with Crippen molar-refractivity contribution in [3.8, 4) is 6.07 Å². The number of aryl methyl sites for hydroxylation is 1. The number of hydrogen-bond donors (Lipinski definition) is 0. The zero-order valence-electron chi connectivity index (χ0n) is 9.06. The first-order chi connectivity index (χ1) is 7.59. The summed E-state index contributed by atoms with van der Waals surface area (Å²) in [6.07, 6.45) is 2.65. The Bertz CT molecular complexity index is 484. The highest BCUT2D eigenvalue weighted by Crippen LogP contribution is 2.45. The van der Waals surface area contributed by atoms with Crippen LogP contribution in [-0.4, -0.2) is 4.92 Å². The number of rotatable bonds is 2. The molecule has 0 spiro atoms. The number of nitrogens with zero attached hydrogens (tertiary/aromatic N) is 2. The number of nitriles is 1. The molecule has 16 heavy (non-hydrogen) atoms. The van der Waals surface area contributed by atoms with Crippen LogP contribution in [0.25, 0.3) is 0 Å². The first kappa shape index (κ1) is 10.6. The van der Waals surface area contributed by atoms with Gasteiger partial charge in [0.15, 0.2) is 0 Å². The molecule has 0 aliphatic heterocycles. The van der Waals surface area contributed by atoms with Crippen LogP contribution in [0.15, 0.2) is 18.2 Å². The maximum Gasteiger partial charge on any atom is 0.269 e. The van der Waals surface area contributed by atoms with E-state index < -0.39 is 10.3 Å². The van der Waals surface area contributed by atoms with Gasteiger partial charge in [0.1, 0.15) is 0 Å². The average Bonchev–Trinajstić information content (AvgIpc) is 2.19. The molecule has 4 nitrogen and oxygen atoms in total. The van der Waals surface area contributed by atoms with Gasteiger partial charge < -0.3 is 0 Å². The normalized spacial score (nSPS) is 17.2. The topological polar surface area (TPSA) is 66.9 Å². The molecule has 0 atom stereocenters. The summed E-state index contributed by atoms with van der Waals surface area (Å²) in [7, 11) is 0. The van der Waals surface area contributed by atoms with Crippen LogP contribution in [0.1, 0.15) is 30.4 Å². The number of benzene rings is 1. The van der Waals surface area contributed by atoms with E-state index in [2.05, 4.69) is 6.07 Å². The number of nitro groups is 1. The van der Waals surface area contributed by atoms with Gasteiger partial charge >= 0.3 is 0 Å². The maximum absolute atomic E-state index is 10.7. The van der Waals surface area contributed by atoms with Crippen molar-refractivity contribution < 1.29 is 4.92 Å². The van der Waals surface area contributed by atoms with Crippen molar-refractivity contribution in [2.24, 2.45) is 0 Å². The SMILES string of the molecule is Cc1ccc([N+](=O)[O-])cc1C1(C#N)CCC1. The van der Waals surface area contributed by atoms with Crippen LogP contribution < -0.4 is 0 Å². The van der Waals surface area contributed by atoms with E-state index in [1.54, 1.807) is 12.1 Å². The fourth-order valence-corrected chi connectivity index (χ4v) is 2.21. The maximum atomic E-state index is 10.7. The Morgan fingerprint density at radius 1 is 1.50 bits per heavy atom. The van der Waals surface area contributed by atoms with E-state index >= 15 is 0 Å². The highest BCUT2D eigenvalue weighted by Gasteiger charge is 2.40. The van der Waals surface area contributed by atoms with Crippen molar-refractivity contribution in [1.29, 1.82) is 5.26 Å². The third-order valence-corrected chi connectivity index (χ3v) is 3.37. The Labute approximate surface area is 93.7 Å². The minimum Gasteiger partial charge on any atom is -0.258 e. The molecule has 0 radical (unpaired) electrons. The molecular formula is C12H12N2O2. The summed E-state index contributed by atoms with van der Waals surface area (Å²) in [5.74, 6) is 0. The zero-order valence-corrected chi connectivity index (χ0v) is 9.06. The van der Waals surface area contributed by atoms with E-state index in [9.17, 15) is 15.4 Å². The highest BCUT2D eigenvalue weighted by atomic mass is 16.6. The van der Waals surface area contributed by atoms with Crippen LogP contribution in [0.4, 0.5) is 5.69 Å². The Hall–Kier alpha value is -1.89. The lowest BCUT2D eigenvalue weighted by Gasteiger charge is -2.36. The van der Waals surface area contributed by atoms with Gasteiger partial charge in [-0.3, -0.25) is 10.1 Å². The predicted molar refractivity (Wildman–Crippen MR) is 59.0 cm³/mol. The molecule has 0 aromatic heterocycles. The summed E-state index contributed by atoms with van der Waals surface area (Å²) in [5, 5.41) is 19.9. The average molecular weight is 216 g/mol. The molecule has 1 aliphatic rings. The van der Waals surface area contributed by atoms with Crippen LogP contribution in [0.2, 0.25) is 0 Å². The zero-order chi connectivity index (χ0) is 11.8. The fraction of sp³-hybridized carbons (Fsp3) is 0.417. The fourth-order valence-electron chi connectivity index (χ4n) is 2.21. The van der Waals surface area contributed by atoms with Crippen LogP contribution >= 0.6 is 0 Å². The molecule has 2 rings (SSSR count). The molecule has 1 fully saturated rings. The van der Waals surface area contributed by atoms with E-state index in [-0.39, 0.29) is 5.69 Å². The van der Waals surface area contributed by atoms with E-state index in [4.69, 9.17) is 0 Å². The van der Waals surface area contributed by atoms with Crippen LogP contribution in [0.3, 0.4) is 0 Å². The Kier molecular flexibility index (Phi) is 2.39. The second kappa shape index (κ2) is 3.60. The van der Waals surface area contributed by atoms with Gasteiger partial charge in [0.25, 0.3) is 5.69 Å². The van der Waals surface area contributed by atoms with Crippen LogP contribution in [0, 0.1) is 28.4 Å². The van der Waals surface area contributed by atoms with Crippen molar-refractivity contribution in [1.82, 2.24) is 0 Å². The van der Waals surface area contributed by atoms with Crippen molar-refractivity contribution in [3.63, 3.8) is 0 Å². The molecule has 0 unspecified atom stereocenters. The summed E-state index contributed by atoms with van der Waals surface area (Å²) >= 11 is 0. The highest BCUT2D eigenvalue weighted by molar-refractivity contribution is 5.47. The van der Waals surface area contributed by atoms with Gasteiger partial charge in [0.2, 0.25) is 0 Å². The Morgan fingerprint density at radius 2 is 2.19 bits per heavy atom. The quantitative estimate of drug-likeness (QED) is 0.563. The first-order valence-corrected chi connectivity index (χ1v) is 5.26. The van der Waals surface area contributed by atoms with Gasteiger partial charge in [0.05, 0.1) is 16.4 Å². The van der Waals surface area contributed by atoms with Gasteiger partial charge in [-0.25, -0.2) is 0 Å². The van der Waals surface area contributed by atoms with Crippen LogP contribution in [-0.2, 0) is 5.41 Å². The summed E-state index contributed by atoms with van der Waals surface area (Å²) in [5.41, 5.74) is 1.39. The first-order valence-electron chi connectivity index (χ1n) is 5.26. The molecule has 1 aromatic rings. The summed E-state index contributed by atoms with van der Waals surface area (Å²) in [6.45, 7) is 1.90. The monoisotopic (exact) mass is 216 g/mol. The largest absolute Gasteiger partial charge is 0.269 e. The smallest absolute Gasteiger partial charge is 0.258 e. The minimum absolute atomic E-state index is 0.0714. The van der Waals surface area contributed by atoms with Crippen molar-refractivity contribution >= 4 is 5.69 Å². The van der Waals surface area contributed by atoms with Crippen molar-refractivity contribution in [2.75, 3.05) is 0 Å². The molecule has 4 heteroatoms. The van der Waals surface area contributed by atoms with Crippen LogP contribution in [0.5, 0.6) is 0 Å². The van der Waals surface area contributed by atoms with Gasteiger partial charge in [-0.2, -0.15) is 5.26 Å². The molecule has 1 aliphatic carbocycles. The number of nitro benzene ring substituents is 1. The van der Waals surface area contributed by atoms with Gasteiger partial charge in [-0.1, -0.05) is 6.07 Å². The Balaban J connectivity index is 2.51. The van der Waals surface area contributed by atoms with E-state index in [1.807, 2.05) is 6.92 Å². The number of non-ortho nitro benzene ring substituents is 1. The summed E-state index contributed by atoms with van der Waals surface area (Å²) in [6, 6.07) is 7.08. The van der Waals surface area contributed by atoms with E-state index in [0.717, 1.165) is 30.4 Å². The van der Waals surface area contributed by atoms with Crippen molar-refractivity contribution in [3.05, 3.63) is 39.4 Å². The standard InChI is InChI=1S/C12H12N2O2/c1-9-3-4-10(14(15)16)7-11(9)12(8-13)5-2-6-12/h3-4,7H,2,5-6H2,1H3. The van der Waals surface area contributed by atoms with Gasteiger partial charge in [0, 0.05) is 12.1 Å². The molecule has 0 heterocycles. The van der Waals surface area contributed by atoms with Crippen molar-refractivity contribution in [2.45, 2.75) is 31.6 Å². The van der Waals surface area contributed by atoms with E-state index in [0.29, 0.717) is 0 Å². The van der Waals surface area contributed by atoms with Gasteiger partial charge in [-0.05, 0) is 37.3 Å². The van der Waals surface area contributed by atoms with E-state index in [1.165, 1.54) is 6.07 Å². The second-order valence-corrected chi connectivity index (χ2v) is 4.30. The summed E-state index contributed by atoms with van der Waals surface area (Å²) < 4.78 is 0. The predicted octanol–water partition coefficient (Wildman–Crippen LogP) is 2.85. The molecule has 1 saturated carbocycles. The Morgan fingerprint density at radius 3 is 2.62 bits per heavy atom. The molecule has 0 saturated heterocycles. The molecule has 0 N–H and O–H groups in total. The second-order valence-electron chi connectivity index (χ2n) is 4.30. The third kappa shape index (κ3) is 1.45. The molecule has 1 aromatic carbocycles. The molecule has 0 amide bonds. The summed E-state index contributed by atoms with van der Waals surface area (Å²) in [4.78, 5) is 10.3. The number of hydrogen-bond acceptors (Lipinski definition) is 3. The molecular weight excluding hydrogens is 204 g/mol. The molecule has 0 bridgehead atoms. The lowest BCUT2D eigenvalue weighted by Crippen LogP contribution is -2.33. The van der Waals surface area contributed by atoms with Gasteiger partial charge in [-0.15, -0.1) is 0 Å². The molecule has 82 valence electrons. The minimum atomic E-state index is -0.476. The third-order valence-electron chi connectivity index (χ3n) is 3.37. The lowest BCUT2D eigenvalue weighted by molar-refractivity contribution is -0.385.